The van der Waals surface area contributed by atoms with E-state index < -0.39 is 0 Å². The summed E-state index contributed by atoms with van der Waals surface area (Å²) in [6.07, 6.45) is 4.00. The topological polar surface area (TPSA) is 58.6 Å². The van der Waals surface area contributed by atoms with Crippen LogP contribution in [-0.2, 0) is 0 Å². The number of anilines is 1. The Bertz CT molecular complexity index is 738. The van der Waals surface area contributed by atoms with Gasteiger partial charge in [0.15, 0.2) is 5.82 Å². The Morgan fingerprint density at radius 2 is 2.12 bits per heavy atom. The molecule has 0 aliphatic carbocycles. The zero-order valence-electron chi connectivity index (χ0n) is 13.6. The molecule has 2 heterocycles. The fraction of sp³-hybridized carbons (Fsp3) is 0.353. The van der Waals surface area contributed by atoms with Gasteiger partial charge in [-0.1, -0.05) is 12.1 Å². The summed E-state index contributed by atoms with van der Waals surface area (Å²) in [5.41, 5.74) is 0.674. The van der Waals surface area contributed by atoms with E-state index in [2.05, 4.69) is 25.9 Å². The second-order valence-electron chi connectivity index (χ2n) is 5.87. The molecule has 0 bridgehead atoms. The third-order valence-corrected chi connectivity index (χ3v) is 4.57. The highest BCUT2D eigenvalue weighted by Gasteiger charge is 2.29. The molecule has 1 unspecified atom stereocenters. The summed E-state index contributed by atoms with van der Waals surface area (Å²) in [6.45, 7) is 1.22. The van der Waals surface area contributed by atoms with E-state index in [4.69, 9.17) is 4.74 Å². The maximum absolute atomic E-state index is 12.6. The minimum Gasteiger partial charge on any atom is -0.471 e. The molecule has 1 aliphatic rings. The third-order valence-electron chi connectivity index (χ3n) is 3.88. The van der Waals surface area contributed by atoms with Gasteiger partial charge >= 0.3 is 0 Å². The molecule has 24 heavy (non-hydrogen) atoms. The van der Waals surface area contributed by atoms with E-state index in [1.165, 1.54) is 0 Å². The van der Waals surface area contributed by atoms with Crippen LogP contribution in [0.25, 0.3) is 0 Å². The van der Waals surface area contributed by atoms with E-state index in [-0.39, 0.29) is 12.0 Å². The number of carbonyl (C=O) groups excluding carboxylic acids is 1. The van der Waals surface area contributed by atoms with Crippen molar-refractivity contribution >= 4 is 27.7 Å². The normalized spacial score (nSPS) is 17.0. The van der Waals surface area contributed by atoms with Crippen molar-refractivity contribution in [3.05, 3.63) is 46.7 Å². The summed E-state index contributed by atoms with van der Waals surface area (Å²) in [5.74, 6) is 1.25. The van der Waals surface area contributed by atoms with Gasteiger partial charge in [-0.15, -0.1) is 0 Å². The fourth-order valence-corrected chi connectivity index (χ4v) is 3.05. The standard InChI is InChI=1S/C17H19BrN4O2/c1-21(2)15-9-19-10-16(20-15)24-12-7-8-22(11-12)17(23)13-5-3-4-6-14(13)18/h3-6,9-10,12H,7-8,11H2,1-2H3. The molecule has 1 aromatic carbocycles. The maximum atomic E-state index is 12.6. The van der Waals surface area contributed by atoms with Crippen molar-refractivity contribution < 1.29 is 9.53 Å². The number of hydrogen-bond acceptors (Lipinski definition) is 5. The lowest BCUT2D eigenvalue weighted by atomic mass is 10.2. The summed E-state index contributed by atoms with van der Waals surface area (Å²) >= 11 is 3.43. The Kier molecular flexibility index (Phi) is 4.99. The van der Waals surface area contributed by atoms with Crippen LogP contribution in [0.15, 0.2) is 41.1 Å². The first-order chi connectivity index (χ1) is 11.5. The smallest absolute Gasteiger partial charge is 0.255 e. The second-order valence-corrected chi connectivity index (χ2v) is 6.72. The average molecular weight is 391 g/mol. The van der Waals surface area contributed by atoms with Crippen molar-refractivity contribution in [3.8, 4) is 5.88 Å². The van der Waals surface area contributed by atoms with Gasteiger partial charge in [0.2, 0.25) is 5.88 Å². The van der Waals surface area contributed by atoms with Crippen molar-refractivity contribution in [2.75, 3.05) is 32.1 Å². The molecule has 126 valence electrons. The highest BCUT2D eigenvalue weighted by atomic mass is 79.9. The lowest BCUT2D eigenvalue weighted by Gasteiger charge is -2.18. The van der Waals surface area contributed by atoms with Crippen LogP contribution in [0, 0.1) is 0 Å². The van der Waals surface area contributed by atoms with Crippen LogP contribution in [0.2, 0.25) is 0 Å². The molecule has 0 radical (unpaired) electrons. The number of halogens is 1. The molecule has 0 spiro atoms. The van der Waals surface area contributed by atoms with E-state index >= 15 is 0 Å². The molecule has 1 fully saturated rings. The highest BCUT2D eigenvalue weighted by Crippen LogP contribution is 2.22. The maximum Gasteiger partial charge on any atom is 0.255 e. The van der Waals surface area contributed by atoms with Crippen LogP contribution in [0.3, 0.4) is 0 Å². The molecule has 1 atom stereocenters. The predicted octanol–water partition coefficient (Wildman–Crippen LogP) is 2.60. The summed E-state index contributed by atoms with van der Waals surface area (Å²) in [4.78, 5) is 24.9. The first kappa shape index (κ1) is 16.7. The van der Waals surface area contributed by atoms with Gasteiger partial charge < -0.3 is 14.5 Å². The Morgan fingerprint density at radius 3 is 2.88 bits per heavy atom. The van der Waals surface area contributed by atoms with E-state index in [0.717, 1.165) is 16.7 Å². The number of benzene rings is 1. The van der Waals surface area contributed by atoms with Crippen LogP contribution in [0.5, 0.6) is 5.88 Å². The van der Waals surface area contributed by atoms with Gasteiger partial charge in [-0.05, 0) is 28.1 Å². The second kappa shape index (κ2) is 7.17. The number of aromatic nitrogens is 2. The number of rotatable bonds is 4. The number of carbonyl (C=O) groups is 1. The molecule has 1 saturated heterocycles. The molecule has 3 rings (SSSR count). The van der Waals surface area contributed by atoms with Crippen molar-refractivity contribution in [1.29, 1.82) is 0 Å². The van der Waals surface area contributed by atoms with Crippen molar-refractivity contribution in [3.63, 3.8) is 0 Å². The van der Waals surface area contributed by atoms with Crippen LogP contribution < -0.4 is 9.64 Å². The molecule has 0 N–H and O–H groups in total. The summed E-state index contributed by atoms with van der Waals surface area (Å²) < 4.78 is 6.72. The lowest BCUT2D eigenvalue weighted by Crippen LogP contribution is -2.31. The first-order valence-electron chi connectivity index (χ1n) is 7.74. The van der Waals surface area contributed by atoms with Gasteiger partial charge in [-0.2, -0.15) is 4.98 Å². The lowest BCUT2D eigenvalue weighted by molar-refractivity contribution is 0.0770. The van der Waals surface area contributed by atoms with Crippen LogP contribution in [0.1, 0.15) is 16.8 Å². The Labute approximate surface area is 149 Å². The van der Waals surface area contributed by atoms with Gasteiger partial charge in [0.05, 0.1) is 24.5 Å². The molecule has 1 amide bonds. The minimum atomic E-state index is -0.0665. The zero-order valence-corrected chi connectivity index (χ0v) is 15.2. The largest absolute Gasteiger partial charge is 0.471 e. The van der Waals surface area contributed by atoms with Crippen molar-refractivity contribution in [2.45, 2.75) is 12.5 Å². The quantitative estimate of drug-likeness (QED) is 0.802. The van der Waals surface area contributed by atoms with E-state index in [1.54, 1.807) is 12.4 Å². The zero-order chi connectivity index (χ0) is 17.1. The number of ether oxygens (including phenoxy) is 1. The number of likely N-dealkylation sites (tertiary alicyclic amines) is 1. The van der Waals surface area contributed by atoms with E-state index in [0.29, 0.717) is 24.5 Å². The molecule has 1 aliphatic heterocycles. The summed E-state index contributed by atoms with van der Waals surface area (Å²) in [5, 5.41) is 0. The number of amides is 1. The van der Waals surface area contributed by atoms with Gasteiger partial charge in [-0.3, -0.25) is 9.78 Å². The first-order valence-corrected chi connectivity index (χ1v) is 8.53. The van der Waals surface area contributed by atoms with Crippen molar-refractivity contribution in [1.82, 2.24) is 14.9 Å². The fourth-order valence-electron chi connectivity index (χ4n) is 2.60. The molecule has 7 heteroatoms. The summed E-state index contributed by atoms with van der Waals surface area (Å²) in [7, 11) is 3.81. The Balaban J connectivity index is 1.64. The predicted molar refractivity (Wildman–Crippen MR) is 95.4 cm³/mol. The van der Waals surface area contributed by atoms with Crippen LogP contribution in [0.4, 0.5) is 5.82 Å². The minimum absolute atomic E-state index is 0.0155. The average Bonchev–Trinajstić information content (AvgIpc) is 3.03. The van der Waals surface area contributed by atoms with Gasteiger partial charge in [-0.25, -0.2) is 0 Å². The molecule has 6 nitrogen and oxygen atoms in total. The van der Waals surface area contributed by atoms with Gasteiger partial charge in [0.25, 0.3) is 5.91 Å². The van der Waals surface area contributed by atoms with Crippen LogP contribution in [-0.4, -0.2) is 54.1 Å². The van der Waals surface area contributed by atoms with E-state index in [1.807, 2.05) is 48.2 Å². The molecular formula is C17H19BrN4O2. The molecule has 0 saturated carbocycles. The van der Waals surface area contributed by atoms with E-state index in [9.17, 15) is 4.79 Å². The highest BCUT2D eigenvalue weighted by molar-refractivity contribution is 9.10. The number of hydrogen-bond donors (Lipinski definition) is 0. The molecular weight excluding hydrogens is 372 g/mol. The van der Waals surface area contributed by atoms with Crippen molar-refractivity contribution in [2.24, 2.45) is 0 Å². The SMILES string of the molecule is CN(C)c1cncc(OC2CCN(C(=O)c3ccccc3Br)C2)n1. The van der Waals surface area contributed by atoms with Gasteiger partial charge in [0, 0.05) is 31.5 Å². The Morgan fingerprint density at radius 1 is 1.33 bits per heavy atom. The van der Waals surface area contributed by atoms with Gasteiger partial charge in [0.1, 0.15) is 6.10 Å². The number of nitrogens with zero attached hydrogens (tertiary/aromatic N) is 4. The molecule has 2 aromatic rings. The Hall–Kier alpha value is -2.15. The van der Waals surface area contributed by atoms with Crippen LogP contribution >= 0.6 is 15.9 Å². The third kappa shape index (κ3) is 3.67. The molecule has 1 aromatic heterocycles. The monoisotopic (exact) mass is 390 g/mol. The summed E-state index contributed by atoms with van der Waals surface area (Å²) in [6, 6.07) is 7.46.